The van der Waals surface area contributed by atoms with Gasteiger partial charge in [0.05, 0.1) is 0 Å². The molecule has 2 N–H and O–H groups in total. The Morgan fingerprint density at radius 3 is 2.03 bits per heavy atom. The number of phenolic OH excluding ortho intramolecular Hbond substituents is 1. The fraction of sp³-hybridized carbons (Fsp3) is 0.462. The molecule has 0 heterocycles. The van der Waals surface area contributed by atoms with E-state index in [1.165, 1.54) is 88.1 Å². The van der Waals surface area contributed by atoms with Gasteiger partial charge in [0.25, 0.3) is 5.91 Å². The van der Waals surface area contributed by atoms with Crippen LogP contribution in [0.4, 0.5) is 5.69 Å². The summed E-state index contributed by atoms with van der Waals surface area (Å²) < 4.78 is 0. The third kappa shape index (κ3) is 13.2. The molecule has 170 valence electrons. The van der Waals surface area contributed by atoms with Crippen molar-refractivity contribution in [2.24, 2.45) is 0 Å². The minimum Gasteiger partial charge on any atom is -0.508 e. The number of nitrogens with zero attached hydrogens (tertiary/aromatic N) is 1. The normalized spacial score (nSPS) is 11.6. The van der Waals surface area contributed by atoms with Crippen molar-refractivity contribution in [3.63, 3.8) is 0 Å². The molecule has 5 heteroatoms. The average Bonchev–Trinajstić information content (AvgIpc) is 2.75. The Labute approximate surface area is 186 Å². The van der Waals surface area contributed by atoms with Gasteiger partial charge in [-0.1, -0.05) is 88.7 Å². The van der Waals surface area contributed by atoms with Crippen molar-refractivity contribution >= 4 is 17.6 Å². The standard InChI is InChI=1S/C26H37NO4/c1-2-3-4-5-6-7-8-9-10-11-12-13-14-15-16-17-25(29)27(22-26(30)31)23-18-20-24(28)21-19-23/h12-21,28H,2-11,22H2,1H3,(H,30,31). The fourth-order valence-corrected chi connectivity index (χ4v) is 3.17. The Morgan fingerprint density at radius 1 is 0.839 bits per heavy atom. The predicted molar refractivity (Wildman–Crippen MR) is 127 cm³/mol. The van der Waals surface area contributed by atoms with Gasteiger partial charge in [-0.3, -0.25) is 14.5 Å². The van der Waals surface area contributed by atoms with Crippen molar-refractivity contribution in [3.8, 4) is 5.75 Å². The lowest BCUT2D eigenvalue weighted by Gasteiger charge is -2.19. The maximum Gasteiger partial charge on any atom is 0.323 e. The summed E-state index contributed by atoms with van der Waals surface area (Å²) in [5, 5.41) is 18.4. The Kier molecular flexibility index (Phi) is 14.3. The van der Waals surface area contributed by atoms with E-state index in [0.717, 1.165) is 11.3 Å². The number of anilines is 1. The van der Waals surface area contributed by atoms with Crippen molar-refractivity contribution in [2.75, 3.05) is 11.4 Å². The van der Waals surface area contributed by atoms with Crippen molar-refractivity contribution < 1.29 is 19.8 Å². The molecule has 1 aromatic rings. The lowest BCUT2D eigenvalue weighted by Crippen LogP contribution is -2.34. The van der Waals surface area contributed by atoms with E-state index < -0.39 is 18.4 Å². The summed E-state index contributed by atoms with van der Waals surface area (Å²) in [7, 11) is 0. The van der Waals surface area contributed by atoms with E-state index in [1.807, 2.05) is 12.2 Å². The Hall–Kier alpha value is -2.82. The van der Waals surface area contributed by atoms with Crippen LogP contribution in [-0.4, -0.2) is 28.6 Å². The smallest absolute Gasteiger partial charge is 0.323 e. The first-order valence-electron chi connectivity index (χ1n) is 11.4. The molecular formula is C26H37NO4. The minimum atomic E-state index is -1.11. The summed E-state index contributed by atoms with van der Waals surface area (Å²) in [6.45, 7) is 1.80. The number of amides is 1. The SMILES string of the molecule is CCCCCCCCCCCC=CC=CC=CC(=O)N(CC(=O)O)c1ccc(O)cc1. The molecule has 0 radical (unpaired) electrons. The molecule has 1 aromatic carbocycles. The van der Waals surface area contributed by atoms with Gasteiger partial charge in [-0.05, 0) is 37.1 Å². The monoisotopic (exact) mass is 427 g/mol. The van der Waals surface area contributed by atoms with E-state index >= 15 is 0 Å². The number of rotatable bonds is 16. The molecule has 0 saturated carbocycles. The maximum absolute atomic E-state index is 12.4. The quantitative estimate of drug-likeness (QED) is 0.182. The third-order valence-electron chi connectivity index (χ3n) is 4.90. The van der Waals surface area contributed by atoms with Crippen LogP contribution in [0.5, 0.6) is 5.75 Å². The van der Waals surface area contributed by atoms with Crippen LogP contribution in [0.15, 0.2) is 60.7 Å². The zero-order valence-corrected chi connectivity index (χ0v) is 18.7. The summed E-state index contributed by atoms with van der Waals surface area (Å²) in [4.78, 5) is 24.6. The first kappa shape index (κ1) is 26.2. The van der Waals surface area contributed by atoms with E-state index in [0.29, 0.717) is 5.69 Å². The molecule has 0 aliphatic heterocycles. The molecular weight excluding hydrogens is 390 g/mol. The molecule has 0 aliphatic carbocycles. The number of hydrogen-bond acceptors (Lipinski definition) is 3. The van der Waals surface area contributed by atoms with E-state index in [1.54, 1.807) is 12.2 Å². The lowest BCUT2D eigenvalue weighted by molar-refractivity contribution is -0.136. The number of allylic oxidation sites excluding steroid dienone is 5. The number of hydrogen-bond donors (Lipinski definition) is 2. The number of carboxylic acid groups (broad SMARTS) is 1. The van der Waals surface area contributed by atoms with Crippen LogP contribution in [0.2, 0.25) is 0 Å². The van der Waals surface area contributed by atoms with Gasteiger partial charge >= 0.3 is 5.97 Å². The van der Waals surface area contributed by atoms with E-state index in [9.17, 15) is 14.7 Å². The van der Waals surface area contributed by atoms with Crippen LogP contribution in [0, 0.1) is 0 Å². The Bertz CT molecular complexity index is 719. The Morgan fingerprint density at radius 2 is 1.42 bits per heavy atom. The highest BCUT2D eigenvalue weighted by molar-refractivity contribution is 6.04. The van der Waals surface area contributed by atoms with Gasteiger partial charge in [0.2, 0.25) is 0 Å². The van der Waals surface area contributed by atoms with Crippen LogP contribution in [-0.2, 0) is 9.59 Å². The van der Waals surface area contributed by atoms with Crippen molar-refractivity contribution in [1.82, 2.24) is 0 Å². The van der Waals surface area contributed by atoms with Gasteiger partial charge in [0.15, 0.2) is 0 Å². The lowest BCUT2D eigenvalue weighted by atomic mass is 10.1. The molecule has 0 spiro atoms. The molecule has 31 heavy (non-hydrogen) atoms. The van der Waals surface area contributed by atoms with Gasteiger partial charge in [-0.25, -0.2) is 0 Å². The van der Waals surface area contributed by atoms with Crippen LogP contribution >= 0.6 is 0 Å². The number of carbonyl (C=O) groups is 2. The molecule has 1 rings (SSSR count). The second-order valence-electron chi connectivity index (χ2n) is 7.62. The highest BCUT2D eigenvalue weighted by Crippen LogP contribution is 2.18. The molecule has 0 bridgehead atoms. The largest absolute Gasteiger partial charge is 0.508 e. The van der Waals surface area contributed by atoms with E-state index in [2.05, 4.69) is 13.0 Å². The number of carboxylic acids is 1. The molecule has 0 saturated heterocycles. The van der Waals surface area contributed by atoms with Gasteiger partial charge in [-0.2, -0.15) is 0 Å². The molecule has 5 nitrogen and oxygen atoms in total. The molecule has 0 atom stereocenters. The van der Waals surface area contributed by atoms with Gasteiger partial charge in [-0.15, -0.1) is 0 Å². The summed E-state index contributed by atoms with van der Waals surface area (Å²) in [6, 6.07) is 5.85. The van der Waals surface area contributed by atoms with Crippen LogP contribution in [0.3, 0.4) is 0 Å². The highest BCUT2D eigenvalue weighted by atomic mass is 16.4. The molecule has 1 amide bonds. The van der Waals surface area contributed by atoms with Crippen molar-refractivity contribution in [2.45, 2.75) is 71.1 Å². The highest BCUT2D eigenvalue weighted by Gasteiger charge is 2.16. The van der Waals surface area contributed by atoms with Gasteiger partial charge < -0.3 is 10.2 Å². The summed E-state index contributed by atoms with van der Waals surface area (Å²) in [5.41, 5.74) is 0.416. The van der Waals surface area contributed by atoms with Crippen molar-refractivity contribution in [1.29, 1.82) is 0 Å². The summed E-state index contributed by atoms with van der Waals surface area (Å²) >= 11 is 0. The number of aromatic hydroxyl groups is 1. The second kappa shape index (κ2) is 16.9. The predicted octanol–water partition coefficient (Wildman–Crippen LogP) is 6.40. The number of aliphatic carboxylic acids is 1. The van der Waals surface area contributed by atoms with Gasteiger partial charge in [0.1, 0.15) is 12.3 Å². The number of phenols is 1. The average molecular weight is 428 g/mol. The van der Waals surface area contributed by atoms with Crippen LogP contribution in [0.1, 0.15) is 71.1 Å². The zero-order valence-electron chi connectivity index (χ0n) is 18.7. The van der Waals surface area contributed by atoms with Crippen LogP contribution < -0.4 is 4.90 Å². The first-order chi connectivity index (χ1) is 15.0. The van der Waals surface area contributed by atoms with E-state index in [4.69, 9.17) is 5.11 Å². The van der Waals surface area contributed by atoms with Gasteiger partial charge in [0, 0.05) is 11.8 Å². The molecule has 0 aromatic heterocycles. The number of benzene rings is 1. The molecule has 0 fully saturated rings. The fourth-order valence-electron chi connectivity index (χ4n) is 3.17. The van der Waals surface area contributed by atoms with Crippen LogP contribution in [0.25, 0.3) is 0 Å². The minimum absolute atomic E-state index is 0.0548. The molecule has 0 unspecified atom stereocenters. The van der Waals surface area contributed by atoms with Crippen molar-refractivity contribution in [3.05, 3.63) is 60.7 Å². The topological polar surface area (TPSA) is 77.8 Å². The maximum atomic E-state index is 12.4. The number of unbranched alkanes of at least 4 members (excludes halogenated alkanes) is 9. The Balaban J connectivity index is 2.28. The summed E-state index contributed by atoms with van der Waals surface area (Å²) in [6.07, 6.45) is 23.6. The first-order valence-corrected chi connectivity index (χ1v) is 11.4. The molecule has 0 aliphatic rings. The third-order valence-corrected chi connectivity index (χ3v) is 4.90. The zero-order chi connectivity index (χ0) is 22.7. The second-order valence-corrected chi connectivity index (χ2v) is 7.62. The van der Waals surface area contributed by atoms with E-state index in [-0.39, 0.29) is 5.75 Å². The number of carbonyl (C=O) groups excluding carboxylic acids is 1. The summed E-state index contributed by atoms with van der Waals surface area (Å²) in [5.74, 6) is -1.49.